The minimum Gasteiger partial charge on any atom is -0.384 e. The molecule has 2 heterocycles. The predicted molar refractivity (Wildman–Crippen MR) is 76.1 cm³/mol. The molecule has 0 amide bonds. The van der Waals surface area contributed by atoms with Gasteiger partial charge in [0.25, 0.3) is 0 Å². The summed E-state index contributed by atoms with van der Waals surface area (Å²) in [6, 6.07) is 2.08. The standard InChI is InChI=1S/C13H20N6/c1-2-4-15-12-9-13(11-14-10-12)16-5-3-7-19-8-6-17-18-19/h6,8-11,15-16H,2-5,7H2,1H3. The Labute approximate surface area is 113 Å². The third-order valence-corrected chi connectivity index (χ3v) is 2.68. The molecular weight excluding hydrogens is 240 g/mol. The Hall–Kier alpha value is -2.11. The summed E-state index contributed by atoms with van der Waals surface area (Å²) in [7, 11) is 0. The molecule has 0 aliphatic rings. The summed E-state index contributed by atoms with van der Waals surface area (Å²) >= 11 is 0. The van der Waals surface area contributed by atoms with E-state index >= 15 is 0 Å². The van der Waals surface area contributed by atoms with E-state index in [1.807, 2.05) is 23.3 Å². The molecule has 0 spiro atoms. The van der Waals surface area contributed by atoms with Crippen molar-refractivity contribution in [3.8, 4) is 0 Å². The lowest BCUT2D eigenvalue weighted by atomic mass is 10.3. The van der Waals surface area contributed by atoms with Gasteiger partial charge in [-0.15, -0.1) is 5.10 Å². The van der Waals surface area contributed by atoms with Gasteiger partial charge in [-0.25, -0.2) is 0 Å². The smallest absolute Gasteiger partial charge is 0.0692 e. The van der Waals surface area contributed by atoms with Gasteiger partial charge in [-0.2, -0.15) is 0 Å². The average molecular weight is 260 g/mol. The minimum absolute atomic E-state index is 0.869. The molecule has 2 N–H and O–H groups in total. The fourth-order valence-corrected chi connectivity index (χ4v) is 1.73. The highest BCUT2D eigenvalue weighted by Gasteiger charge is 1.96. The molecule has 0 saturated carbocycles. The number of hydrogen-bond donors (Lipinski definition) is 2. The Morgan fingerprint density at radius 1 is 1.16 bits per heavy atom. The van der Waals surface area contributed by atoms with Gasteiger partial charge in [0, 0.05) is 25.8 Å². The average Bonchev–Trinajstić information content (AvgIpc) is 2.95. The van der Waals surface area contributed by atoms with Crippen molar-refractivity contribution >= 4 is 11.4 Å². The Bertz CT molecular complexity index is 468. The molecule has 0 unspecified atom stereocenters. The first-order valence-corrected chi connectivity index (χ1v) is 6.65. The van der Waals surface area contributed by atoms with Crippen molar-refractivity contribution < 1.29 is 0 Å². The maximum Gasteiger partial charge on any atom is 0.0692 e. The molecule has 2 aromatic rings. The van der Waals surface area contributed by atoms with Gasteiger partial charge < -0.3 is 10.6 Å². The quantitative estimate of drug-likeness (QED) is 0.711. The molecule has 0 aliphatic carbocycles. The van der Waals surface area contributed by atoms with E-state index in [1.165, 1.54) is 0 Å². The zero-order valence-electron chi connectivity index (χ0n) is 11.2. The van der Waals surface area contributed by atoms with E-state index in [4.69, 9.17) is 0 Å². The van der Waals surface area contributed by atoms with Crippen LogP contribution in [0.4, 0.5) is 11.4 Å². The molecule has 0 aliphatic heterocycles. The van der Waals surface area contributed by atoms with E-state index in [2.05, 4.69) is 38.9 Å². The van der Waals surface area contributed by atoms with Crippen LogP contribution in [0.1, 0.15) is 19.8 Å². The summed E-state index contributed by atoms with van der Waals surface area (Å²) in [6.07, 6.45) is 9.35. The van der Waals surface area contributed by atoms with Crippen molar-refractivity contribution in [1.29, 1.82) is 0 Å². The molecule has 2 rings (SSSR count). The summed E-state index contributed by atoms with van der Waals surface area (Å²) in [6.45, 7) is 4.87. The van der Waals surface area contributed by atoms with Crippen molar-refractivity contribution in [3.05, 3.63) is 30.9 Å². The lowest BCUT2D eigenvalue weighted by Crippen LogP contribution is -2.08. The van der Waals surface area contributed by atoms with Crippen LogP contribution in [-0.2, 0) is 6.54 Å². The molecule has 2 aromatic heterocycles. The van der Waals surface area contributed by atoms with E-state index in [1.54, 1.807) is 6.20 Å². The van der Waals surface area contributed by atoms with Gasteiger partial charge in [0.1, 0.15) is 0 Å². The van der Waals surface area contributed by atoms with Gasteiger partial charge in [-0.05, 0) is 18.9 Å². The highest BCUT2D eigenvalue weighted by Crippen LogP contribution is 2.12. The third-order valence-electron chi connectivity index (χ3n) is 2.68. The van der Waals surface area contributed by atoms with E-state index in [-0.39, 0.29) is 0 Å². The van der Waals surface area contributed by atoms with Gasteiger partial charge in [0.05, 0.1) is 30.0 Å². The predicted octanol–water partition coefficient (Wildman–Crippen LogP) is 2.00. The second-order valence-electron chi connectivity index (χ2n) is 4.34. The molecule has 6 nitrogen and oxygen atoms in total. The lowest BCUT2D eigenvalue weighted by Gasteiger charge is -2.09. The van der Waals surface area contributed by atoms with Crippen LogP contribution in [0, 0.1) is 0 Å². The third kappa shape index (κ3) is 4.57. The molecule has 19 heavy (non-hydrogen) atoms. The van der Waals surface area contributed by atoms with Crippen LogP contribution in [-0.4, -0.2) is 33.1 Å². The highest BCUT2D eigenvalue weighted by atomic mass is 15.4. The number of pyridine rings is 1. The van der Waals surface area contributed by atoms with Crippen molar-refractivity contribution in [1.82, 2.24) is 20.0 Å². The summed E-state index contributed by atoms with van der Waals surface area (Å²) in [5, 5.41) is 14.4. The van der Waals surface area contributed by atoms with Crippen molar-refractivity contribution in [2.24, 2.45) is 0 Å². The van der Waals surface area contributed by atoms with Crippen LogP contribution in [0.25, 0.3) is 0 Å². The highest BCUT2D eigenvalue weighted by molar-refractivity contribution is 5.53. The van der Waals surface area contributed by atoms with Crippen LogP contribution in [0.15, 0.2) is 30.9 Å². The van der Waals surface area contributed by atoms with E-state index < -0.39 is 0 Å². The summed E-state index contributed by atoms with van der Waals surface area (Å²) < 4.78 is 1.83. The molecule has 0 atom stereocenters. The first-order chi connectivity index (χ1) is 9.38. The number of hydrogen-bond acceptors (Lipinski definition) is 5. The number of nitrogens with one attached hydrogen (secondary N) is 2. The van der Waals surface area contributed by atoms with E-state index in [0.29, 0.717) is 0 Å². The van der Waals surface area contributed by atoms with Crippen molar-refractivity contribution in [2.45, 2.75) is 26.3 Å². The lowest BCUT2D eigenvalue weighted by molar-refractivity contribution is 0.570. The Morgan fingerprint density at radius 2 is 1.95 bits per heavy atom. The van der Waals surface area contributed by atoms with Crippen LogP contribution < -0.4 is 10.6 Å². The molecule has 0 radical (unpaired) electrons. The Kier molecular flexibility index (Phi) is 5.16. The summed E-state index contributed by atoms with van der Waals surface area (Å²) in [5.74, 6) is 0. The zero-order valence-corrected chi connectivity index (χ0v) is 11.2. The Morgan fingerprint density at radius 3 is 2.63 bits per heavy atom. The van der Waals surface area contributed by atoms with Crippen LogP contribution >= 0.6 is 0 Å². The van der Waals surface area contributed by atoms with Crippen molar-refractivity contribution in [3.63, 3.8) is 0 Å². The molecular formula is C13H20N6. The maximum atomic E-state index is 4.21. The summed E-state index contributed by atoms with van der Waals surface area (Å²) in [5.41, 5.74) is 2.10. The van der Waals surface area contributed by atoms with Gasteiger partial charge in [-0.1, -0.05) is 12.1 Å². The van der Waals surface area contributed by atoms with E-state index in [9.17, 15) is 0 Å². The van der Waals surface area contributed by atoms with Gasteiger partial charge in [0.2, 0.25) is 0 Å². The van der Waals surface area contributed by atoms with Crippen LogP contribution in [0.5, 0.6) is 0 Å². The number of rotatable bonds is 8. The topological polar surface area (TPSA) is 67.7 Å². The summed E-state index contributed by atoms with van der Waals surface area (Å²) in [4.78, 5) is 4.21. The van der Waals surface area contributed by atoms with Gasteiger partial charge in [-0.3, -0.25) is 9.67 Å². The first kappa shape index (κ1) is 13.3. The molecule has 6 heteroatoms. The number of anilines is 2. The largest absolute Gasteiger partial charge is 0.384 e. The molecule has 102 valence electrons. The van der Waals surface area contributed by atoms with Crippen LogP contribution in [0.2, 0.25) is 0 Å². The number of nitrogens with zero attached hydrogens (tertiary/aromatic N) is 4. The van der Waals surface area contributed by atoms with Crippen LogP contribution in [0.3, 0.4) is 0 Å². The molecule has 0 aromatic carbocycles. The van der Waals surface area contributed by atoms with Gasteiger partial charge >= 0.3 is 0 Å². The molecule has 0 fully saturated rings. The first-order valence-electron chi connectivity index (χ1n) is 6.65. The molecule has 0 saturated heterocycles. The fourth-order valence-electron chi connectivity index (χ4n) is 1.73. The second kappa shape index (κ2) is 7.35. The maximum absolute atomic E-state index is 4.21. The SMILES string of the molecule is CCCNc1cncc(NCCCn2ccnn2)c1. The van der Waals surface area contributed by atoms with Gasteiger partial charge in [0.15, 0.2) is 0 Å². The van der Waals surface area contributed by atoms with E-state index in [0.717, 1.165) is 43.9 Å². The fraction of sp³-hybridized carbons (Fsp3) is 0.462. The number of aryl methyl sites for hydroxylation is 1. The Balaban J connectivity index is 1.73. The minimum atomic E-state index is 0.869. The number of aromatic nitrogens is 4. The monoisotopic (exact) mass is 260 g/mol. The molecule has 0 bridgehead atoms. The second-order valence-corrected chi connectivity index (χ2v) is 4.34. The zero-order chi connectivity index (χ0) is 13.3. The van der Waals surface area contributed by atoms with Crippen molar-refractivity contribution in [2.75, 3.05) is 23.7 Å². The normalized spacial score (nSPS) is 10.4.